The van der Waals surface area contributed by atoms with Gasteiger partial charge in [-0.05, 0) is 41.3 Å². The van der Waals surface area contributed by atoms with Gasteiger partial charge in [-0.25, -0.2) is 9.78 Å². The van der Waals surface area contributed by atoms with Gasteiger partial charge in [-0.15, -0.1) is 0 Å². The van der Waals surface area contributed by atoms with E-state index in [4.69, 9.17) is 4.98 Å². The number of aryl methyl sites for hydroxylation is 1. The summed E-state index contributed by atoms with van der Waals surface area (Å²) in [5.74, 6) is 0.0540. The molecule has 0 spiro atoms. The average molecular weight is 409 g/mol. The molecule has 0 radical (unpaired) electrons. The van der Waals surface area contributed by atoms with Gasteiger partial charge < -0.3 is 9.67 Å². The summed E-state index contributed by atoms with van der Waals surface area (Å²) < 4.78 is 2.19. The number of aromatic carboxylic acids is 1. The zero-order chi connectivity index (χ0) is 21.8. The summed E-state index contributed by atoms with van der Waals surface area (Å²) in [5.41, 5.74) is 5.27. The zero-order valence-corrected chi connectivity index (χ0v) is 17.4. The topological polar surface area (TPSA) is 78.9 Å². The van der Waals surface area contributed by atoms with E-state index in [9.17, 15) is 15.2 Å². The molecule has 0 atom stereocenters. The number of hydrogen-bond donors (Lipinski definition) is 1. The predicted octanol–water partition coefficient (Wildman–Crippen LogP) is 5.66. The first kappa shape index (κ1) is 20.4. The number of para-hydroxylation sites is 1. The third-order valence-electron chi connectivity index (χ3n) is 5.50. The van der Waals surface area contributed by atoms with Gasteiger partial charge >= 0.3 is 5.97 Å². The van der Waals surface area contributed by atoms with Crippen LogP contribution in [0.1, 0.15) is 47.1 Å². The predicted molar refractivity (Wildman–Crippen MR) is 121 cm³/mol. The maximum absolute atomic E-state index is 11.5. The minimum Gasteiger partial charge on any atom is -0.478 e. The summed E-state index contributed by atoms with van der Waals surface area (Å²) >= 11 is 0. The summed E-state index contributed by atoms with van der Waals surface area (Å²) in [6.45, 7) is 2.80. The number of carboxylic acid groups (broad SMARTS) is 1. The molecule has 1 N–H and O–H groups in total. The van der Waals surface area contributed by atoms with Crippen LogP contribution in [0.15, 0.2) is 66.7 Å². The fraction of sp³-hybridized carbons (Fsp3) is 0.192. The van der Waals surface area contributed by atoms with Gasteiger partial charge in [0.25, 0.3) is 0 Å². The number of rotatable bonds is 7. The summed E-state index contributed by atoms with van der Waals surface area (Å²) in [6.07, 6.45) is 2.97. The van der Waals surface area contributed by atoms with Gasteiger partial charge in [-0.2, -0.15) is 5.26 Å². The fourth-order valence-corrected chi connectivity index (χ4v) is 3.88. The highest BCUT2D eigenvalue weighted by Gasteiger charge is 2.14. The Morgan fingerprint density at radius 3 is 2.55 bits per heavy atom. The number of nitriles is 1. The number of unbranched alkanes of at least 4 members (excludes halogenated alkanes) is 1. The van der Waals surface area contributed by atoms with Crippen molar-refractivity contribution in [2.24, 2.45) is 0 Å². The number of carboxylic acids is 1. The number of benzene rings is 3. The molecule has 31 heavy (non-hydrogen) atoms. The van der Waals surface area contributed by atoms with Crippen molar-refractivity contribution in [1.29, 1.82) is 5.26 Å². The van der Waals surface area contributed by atoms with E-state index in [0.29, 0.717) is 23.2 Å². The third-order valence-corrected chi connectivity index (χ3v) is 5.50. The second-order valence-corrected chi connectivity index (χ2v) is 7.55. The van der Waals surface area contributed by atoms with Crippen molar-refractivity contribution in [3.63, 3.8) is 0 Å². The summed E-state index contributed by atoms with van der Waals surface area (Å²) in [6, 6.07) is 23.0. The Kier molecular flexibility index (Phi) is 5.81. The van der Waals surface area contributed by atoms with E-state index in [1.54, 1.807) is 18.2 Å². The molecule has 1 aromatic heterocycles. The molecule has 0 fully saturated rings. The van der Waals surface area contributed by atoms with Crippen LogP contribution in [0.5, 0.6) is 0 Å². The highest BCUT2D eigenvalue weighted by Crippen LogP contribution is 2.26. The van der Waals surface area contributed by atoms with Crippen LogP contribution in [0.4, 0.5) is 0 Å². The molecule has 0 amide bonds. The lowest BCUT2D eigenvalue weighted by Crippen LogP contribution is -2.05. The zero-order valence-electron chi connectivity index (χ0n) is 17.4. The molecule has 3 aromatic carbocycles. The molecule has 4 rings (SSSR count). The highest BCUT2D eigenvalue weighted by molar-refractivity contribution is 5.96. The molecule has 4 aromatic rings. The molecule has 5 heteroatoms. The molecule has 154 valence electrons. The quantitative estimate of drug-likeness (QED) is 0.427. The van der Waals surface area contributed by atoms with Crippen LogP contribution < -0.4 is 0 Å². The van der Waals surface area contributed by atoms with Gasteiger partial charge in [0.2, 0.25) is 0 Å². The molecule has 0 aliphatic heterocycles. The normalized spacial score (nSPS) is 10.8. The van der Waals surface area contributed by atoms with Crippen molar-refractivity contribution in [3.8, 4) is 17.2 Å². The van der Waals surface area contributed by atoms with Gasteiger partial charge in [0, 0.05) is 13.0 Å². The van der Waals surface area contributed by atoms with E-state index in [2.05, 4.69) is 17.6 Å². The van der Waals surface area contributed by atoms with Gasteiger partial charge in [-0.1, -0.05) is 61.9 Å². The minimum atomic E-state index is -0.932. The standard InChI is InChI=1S/C26H23N3O2/c1-2-3-11-24-28-25-20(16-27)7-6-10-23(25)29(24)17-18-12-14-19(15-13-18)21-8-4-5-9-22(21)26(30)31/h4-10,12-15H,2-3,11,17H2,1H3,(H,30,31). The van der Waals surface area contributed by atoms with E-state index in [0.717, 1.165) is 47.2 Å². The van der Waals surface area contributed by atoms with Crippen molar-refractivity contribution < 1.29 is 9.90 Å². The molecule has 0 unspecified atom stereocenters. The van der Waals surface area contributed by atoms with Crippen molar-refractivity contribution >= 4 is 17.0 Å². The fourth-order valence-electron chi connectivity index (χ4n) is 3.88. The maximum atomic E-state index is 11.5. The SMILES string of the molecule is CCCCc1nc2c(C#N)cccc2n1Cc1ccc(-c2ccccc2C(=O)O)cc1. The van der Waals surface area contributed by atoms with Gasteiger partial charge in [0.15, 0.2) is 0 Å². The summed E-state index contributed by atoms with van der Waals surface area (Å²) in [4.78, 5) is 16.3. The first-order chi connectivity index (χ1) is 15.1. The second-order valence-electron chi connectivity index (χ2n) is 7.55. The van der Waals surface area contributed by atoms with Crippen molar-refractivity contribution in [2.45, 2.75) is 32.7 Å². The smallest absolute Gasteiger partial charge is 0.336 e. The summed E-state index contributed by atoms with van der Waals surface area (Å²) in [5, 5.41) is 18.9. The molecule has 1 heterocycles. The monoisotopic (exact) mass is 409 g/mol. The number of hydrogen-bond acceptors (Lipinski definition) is 3. The maximum Gasteiger partial charge on any atom is 0.336 e. The highest BCUT2D eigenvalue weighted by atomic mass is 16.4. The second kappa shape index (κ2) is 8.85. The number of fused-ring (bicyclic) bond motifs is 1. The minimum absolute atomic E-state index is 0.293. The Morgan fingerprint density at radius 2 is 1.84 bits per heavy atom. The van der Waals surface area contributed by atoms with Gasteiger partial charge in [-0.3, -0.25) is 0 Å². The van der Waals surface area contributed by atoms with E-state index in [1.807, 2.05) is 48.5 Å². The Morgan fingerprint density at radius 1 is 1.06 bits per heavy atom. The number of aromatic nitrogens is 2. The summed E-state index contributed by atoms with van der Waals surface area (Å²) in [7, 11) is 0. The molecule has 0 aliphatic rings. The van der Waals surface area contributed by atoms with Crippen LogP contribution in [0, 0.1) is 11.3 Å². The van der Waals surface area contributed by atoms with E-state index < -0.39 is 5.97 Å². The third kappa shape index (κ3) is 4.06. The Hall–Kier alpha value is -3.91. The molecular formula is C26H23N3O2. The van der Waals surface area contributed by atoms with Crippen LogP contribution in [-0.2, 0) is 13.0 Å². The lowest BCUT2D eigenvalue weighted by atomic mass is 9.99. The van der Waals surface area contributed by atoms with Crippen LogP contribution in [0.2, 0.25) is 0 Å². The van der Waals surface area contributed by atoms with Crippen LogP contribution >= 0.6 is 0 Å². The van der Waals surface area contributed by atoms with Gasteiger partial charge in [0.05, 0.1) is 16.6 Å². The average Bonchev–Trinajstić information content (AvgIpc) is 3.15. The van der Waals surface area contributed by atoms with Gasteiger partial charge in [0.1, 0.15) is 17.4 Å². The molecule has 0 aliphatic carbocycles. The van der Waals surface area contributed by atoms with Crippen LogP contribution in [0.25, 0.3) is 22.2 Å². The lowest BCUT2D eigenvalue weighted by Gasteiger charge is -2.11. The van der Waals surface area contributed by atoms with Crippen molar-refractivity contribution in [2.75, 3.05) is 0 Å². The molecule has 0 saturated carbocycles. The first-order valence-electron chi connectivity index (χ1n) is 10.4. The molecular weight excluding hydrogens is 386 g/mol. The Balaban J connectivity index is 1.70. The Labute approximate surface area is 181 Å². The molecule has 5 nitrogen and oxygen atoms in total. The largest absolute Gasteiger partial charge is 0.478 e. The lowest BCUT2D eigenvalue weighted by molar-refractivity contribution is 0.0697. The number of imidazole rings is 1. The van der Waals surface area contributed by atoms with E-state index in [1.165, 1.54) is 0 Å². The number of nitrogens with zero attached hydrogens (tertiary/aromatic N) is 3. The first-order valence-corrected chi connectivity index (χ1v) is 10.4. The van der Waals surface area contributed by atoms with Crippen molar-refractivity contribution in [3.05, 3.63) is 89.2 Å². The van der Waals surface area contributed by atoms with E-state index >= 15 is 0 Å². The van der Waals surface area contributed by atoms with Crippen LogP contribution in [0.3, 0.4) is 0 Å². The Bertz CT molecular complexity index is 1280. The molecule has 0 bridgehead atoms. The molecule has 0 saturated heterocycles. The van der Waals surface area contributed by atoms with Crippen LogP contribution in [-0.4, -0.2) is 20.6 Å². The number of carbonyl (C=O) groups is 1. The van der Waals surface area contributed by atoms with E-state index in [-0.39, 0.29) is 0 Å². The van der Waals surface area contributed by atoms with Crippen molar-refractivity contribution in [1.82, 2.24) is 9.55 Å².